The molecule has 1 aromatic carbocycles. The maximum atomic E-state index is 13.5. The van der Waals surface area contributed by atoms with Crippen molar-refractivity contribution in [1.82, 2.24) is 10.3 Å². The Kier molecular flexibility index (Phi) is 3.89. The van der Waals surface area contributed by atoms with E-state index in [0.29, 0.717) is 5.69 Å². The van der Waals surface area contributed by atoms with E-state index in [1.54, 1.807) is 0 Å². The first-order valence-corrected chi connectivity index (χ1v) is 6.24. The third kappa shape index (κ3) is 3.06. The molecule has 0 aliphatic heterocycles. The number of nitro benzene ring substituents is 1. The molecule has 2 aromatic rings. The van der Waals surface area contributed by atoms with E-state index < -0.39 is 22.2 Å². The summed E-state index contributed by atoms with van der Waals surface area (Å²) in [6.07, 6.45) is 0. The molecule has 0 saturated heterocycles. The Morgan fingerprint density at radius 3 is 2.85 bits per heavy atom. The lowest BCUT2D eigenvalue weighted by molar-refractivity contribution is -0.384. The standard InChI is InChI=1S/C11H8FN3O4S/c12-9-2-1-7(15(18)19)3-8(9)10(16)13-4-6-5-20-11(17)14-6/h1-3,5H,4H2,(H,13,16)(H,14,17). The SMILES string of the molecule is O=C(NCc1csc(=O)[nH]1)c1cc([N+](=O)[O-])ccc1F. The summed E-state index contributed by atoms with van der Waals surface area (Å²) in [6, 6.07) is 2.70. The lowest BCUT2D eigenvalue weighted by Gasteiger charge is -2.04. The van der Waals surface area contributed by atoms with Gasteiger partial charge in [-0.2, -0.15) is 0 Å². The van der Waals surface area contributed by atoms with Crippen molar-refractivity contribution in [3.8, 4) is 0 Å². The number of hydrogen-bond donors (Lipinski definition) is 2. The maximum Gasteiger partial charge on any atom is 0.304 e. The van der Waals surface area contributed by atoms with Crippen molar-refractivity contribution in [2.75, 3.05) is 0 Å². The summed E-state index contributed by atoms with van der Waals surface area (Å²) >= 11 is 0.936. The minimum atomic E-state index is -0.855. The summed E-state index contributed by atoms with van der Waals surface area (Å²) in [7, 11) is 0. The van der Waals surface area contributed by atoms with Crippen LogP contribution < -0.4 is 10.2 Å². The molecular formula is C11H8FN3O4S. The van der Waals surface area contributed by atoms with Gasteiger partial charge in [-0.3, -0.25) is 19.7 Å². The molecule has 0 radical (unpaired) electrons. The predicted molar refractivity (Wildman–Crippen MR) is 69.2 cm³/mol. The summed E-state index contributed by atoms with van der Waals surface area (Å²) < 4.78 is 13.5. The minimum Gasteiger partial charge on any atom is -0.346 e. The highest BCUT2D eigenvalue weighted by Crippen LogP contribution is 2.16. The molecule has 1 amide bonds. The van der Waals surface area contributed by atoms with Crippen LogP contribution in [-0.4, -0.2) is 15.8 Å². The van der Waals surface area contributed by atoms with Gasteiger partial charge in [0.25, 0.3) is 11.6 Å². The molecule has 0 aliphatic rings. The van der Waals surface area contributed by atoms with Crippen LogP contribution in [0.3, 0.4) is 0 Å². The van der Waals surface area contributed by atoms with Crippen LogP contribution in [0, 0.1) is 15.9 Å². The number of amides is 1. The molecule has 0 unspecified atom stereocenters. The van der Waals surface area contributed by atoms with Gasteiger partial charge in [0, 0.05) is 23.2 Å². The number of non-ortho nitro benzene ring substituents is 1. The van der Waals surface area contributed by atoms with Gasteiger partial charge in [-0.25, -0.2) is 4.39 Å². The lowest BCUT2D eigenvalue weighted by atomic mass is 10.1. The minimum absolute atomic E-state index is 0.000292. The second-order valence-corrected chi connectivity index (χ2v) is 4.62. The quantitative estimate of drug-likeness (QED) is 0.657. The van der Waals surface area contributed by atoms with Gasteiger partial charge in [0.2, 0.25) is 0 Å². The second-order valence-electron chi connectivity index (χ2n) is 3.78. The van der Waals surface area contributed by atoms with Gasteiger partial charge in [0.05, 0.1) is 17.0 Å². The predicted octanol–water partition coefficient (Wildman–Crippen LogP) is 1.41. The molecule has 0 fully saturated rings. The first-order chi connectivity index (χ1) is 9.47. The average Bonchev–Trinajstić information content (AvgIpc) is 2.82. The largest absolute Gasteiger partial charge is 0.346 e. The van der Waals surface area contributed by atoms with Gasteiger partial charge in [-0.15, -0.1) is 0 Å². The van der Waals surface area contributed by atoms with E-state index in [2.05, 4.69) is 10.3 Å². The summed E-state index contributed by atoms with van der Waals surface area (Å²) in [5, 5.41) is 14.5. The maximum absolute atomic E-state index is 13.5. The number of thiazole rings is 1. The third-order valence-electron chi connectivity index (χ3n) is 2.42. The number of nitro groups is 1. The van der Waals surface area contributed by atoms with Crippen molar-refractivity contribution in [3.63, 3.8) is 0 Å². The second kappa shape index (κ2) is 5.61. The van der Waals surface area contributed by atoms with Crippen molar-refractivity contribution in [2.45, 2.75) is 6.54 Å². The first-order valence-electron chi connectivity index (χ1n) is 5.36. The van der Waals surface area contributed by atoms with E-state index in [1.165, 1.54) is 5.38 Å². The van der Waals surface area contributed by atoms with E-state index in [4.69, 9.17) is 0 Å². The van der Waals surface area contributed by atoms with Crippen LogP contribution in [0.15, 0.2) is 28.4 Å². The molecule has 7 nitrogen and oxygen atoms in total. The van der Waals surface area contributed by atoms with Crippen molar-refractivity contribution < 1.29 is 14.1 Å². The number of aromatic nitrogens is 1. The zero-order chi connectivity index (χ0) is 14.7. The van der Waals surface area contributed by atoms with Crippen LogP contribution in [0.4, 0.5) is 10.1 Å². The molecule has 2 rings (SSSR count). The number of halogens is 1. The van der Waals surface area contributed by atoms with E-state index in [-0.39, 0.29) is 17.1 Å². The Morgan fingerprint density at radius 1 is 1.50 bits per heavy atom. The number of hydrogen-bond acceptors (Lipinski definition) is 5. The molecule has 0 aliphatic carbocycles. The summed E-state index contributed by atoms with van der Waals surface area (Å²) in [4.78, 5) is 34.7. The van der Waals surface area contributed by atoms with Crippen LogP contribution >= 0.6 is 11.3 Å². The van der Waals surface area contributed by atoms with Crippen molar-refractivity contribution in [1.29, 1.82) is 0 Å². The smallest absolute Gasteiger partial charge is 0.304 e. The van der Waals surface area contributed by atoms with E-state index in [9.17, 15) is 24.1 Å². The number of carbonyl (C=O) groups excluding carboxylic acids is 1. The Balaban J connectivity index is 2.14. The van der Waals surface area contributed by atoms with Crippen molar-refractivity contribution in [2.24, 2.45) is 0 Å². The van der Waals surface area contributed by atoms with Gasteiger partial charge >= 0.3 is 4.87 Å². The summed E-state index contributed by atoms with van der Waals surface area (Å²) in [5.74, 6) is -1.65. The Morgan fingerprint density at radius 2 is 2.25 bits per heavy atom. The van der Waals surface area contributed by atoms with Gasteiger partial charge < -0.3 is 10.3 Å². The number of aromatic amines is 1. The van der Waals surface area contributed by atoms with Crippen LogP contribution in [0.1, 0.15) is 16.1 Å². The fourth-order valence-electron chi connectivity index (χ4n) is 1.47. The number of nitrogens with one attached hydrogen (secondary N) is 2. The molecular weight excluding hydrogens is 289 g/mol. The molecule has 0 spiro atoms. The van der Waals surface area contributed by atoms with E-state index >= 15 is 0 Å². The molecule has 2 N–H and O–H groups in total. The number of benzene rings is 1. The number of nitrogens with zero attached hydrogens (tertiary/aromatic N) is 1. The van der Waals surface area contributed by atoms with E-state index in [1.807, 2.05) is 0 Å². The normalized spacial score (nSPS) is 10.2. The fraction of sp³-hybridized carbons (Fsp3) is 0.0909. The van der Waals surface area contributed by atoms with Crippen LogP contribution in [0.2, 0.25) is 0 Å². The molecule has 104 valence electrons. The molecule has 0 atom stereocenters. The molecule has 1 aromatic heterocycles. The summed E-state index contributed by atoms with van der Waals surface area (Å²) in [5.41, 5.74) is -0.323. The van der Waals surface area contributed by atoms with Gasteiger partial charge in [0.15, 0.2) is 0 Å². The average molecular weight is 297 g/mol. The highest BCUT2D eigenvalue weighted by molar-refractivity contribution is 7.07. The number of rotatable bonds is 4. The molecule has 20 heavy (non-hydrogen) atoms. The zero-order valence-electron chi connectivity index (χ0n) is 9.88. The lowest BCUT2D eigenvalue weighted by Crippen LogP contribution is -2.24. The van der Waals surface area contributed by atoms with Crippen LogP contribution in [0.25, 0.3) is 0 Å². The zero-order valence-corrected chi connectivity index (χ0v) is 10.7. The highest BCUT2D eigenvalue weighted by Gasteiger charge is 2.16. The number of carbonyl (C=O) groups is 1. The van der Waals surface area contributed by atoms with Gasteiger partial charge in [-0.1, -0.05) is 11.3 Å². The molecule has 0 saturated carbocycles. The fourth-order valence-corrected chi connectivity index (χ4v) is 2.05. The van der Waals surface area contributed by atoms with Gasteiger partial charge in [0.1, 0.15) is 5.82 Å². The Hall–Kier alpha value is -2.55. The topological polar surface area (TPSA) is 105 Å². The van der Waals surface area contributed by atoms with Crippen molar-refractivity contribution >= 4 is 22.9 Å². The molecule has 0 bridgehead atoms. The van der Waals surface area contributed by atoms with Gasteiger partial charge in [-0.05, 0) is 6.07 Å². The van der Waals surface area contributed by atoms with Crippen LogP contribution in [0.5, 0.6) is 0 Å². The summed E-state index contributed by atoms with van der Waals surface area (Å²) in [6.45, 7) is -0.000292. The van der Waals surface area contributed by atoms with Crippen molar-refractivity contribution in [3.05, 3.63) is 60.4 Å². The highest BCUT2D eigenvalue weighted by atomic mass is 32.1. The third-order valence-corrected chi connectivity index (χ3v) is 3.13. The number of H-pyrrole nitrogens is 1. The molecule has 9 heteroatoms. The van der Waals surface area contributed by atoms with E-state index in [0.717, 1.165) is 29.5 Å². The molecule has 1 heterocycles. The first kappa shape index (κ1) is 13.9. The Bertz CT molecular complexity index is 724. The van der Waals surface area contributed by atoms with Crippen LogP contribution in [-0.2, 0) is 6.54 Å². The Labute approximate surface area is 115 Å². The monoisotopic (exact) mass is 297 g/mol.